The van der Waals surface area contributed by atoms with E-state index in [4.69, 9.17) is 10.00 Å². The van der Waals surface area contributed by atoms with E-state index in [1.165, 1.54) is 12.8 Å². The van der Waals surface area contributed by atoms with Gasteiger partial charge in [0.25, 0.3) is 0 Å². The molecule has 0 saturated heterocycles. The molecule has 0 amide bonds. The Kier molecular flexibility index (Phi) is 3.42. The van der Waals surface area contributed by atoms with Crippen LogP contribution < -0.4 is 9.64 Å². The van der Waals surface area contributed by atoms with E-state index < -0.39 is 0 Å². The van der Waals surface area contributed by atoms with Crippen LogP contribution in [0.25, 0.3) is 10.8 Å². The molecule has 0 aliphatic heterocycles. The third-order valence-electron chi connectivity index (χ3n) is 3.69. The standard InChI is InChI=1S/C16H17N3O/c1-20-15-5-2-4-14-13(15)8-10-18-16(14)19(11-3-9-17)12-6-7-12/h2,4-5,8,10,12H,3,6-7,11H2,1H3. The molecule has 4 nitrogen and oxygen atoms in total. The molecule has 1 heterocycles. The number of pyridine rings is 1. The lowest BCUT2D eigenvalue weighted by molar-refractivity contribution is 0.420. The average molecular weight is 267 g/mol. The Bertz CT molecular complexity index is 658. The number of hydrogen-bond donors (Lipinski definition) is 0. The summed E-state index contributed by atoms with van der Waals surface area (Å²) in [5.74, 6) is 1.83. The Labute approximate surface area is 118 Å². The van der Waals surface area contributed by atoms with Crippen molar-refractivity contribution in [1.29, 1.82) is 5.26 Å². The summed E-state index contributed by atoms with van der Waals surface area (Å²) in [6.07, 6.45) is 4.72. The van der Waals surface area contributed by atoms with Gasteiger partial charge in [0, 0.05) is 29.6 Å². The van der Waals surface area contributed by atoms with Crippen LogP contribution in [0.1, 0.15) is 19.3 Å². The lowest BCUT2D eigenvalue weighted by Gasteiger charge is -2.24. The number of nitrogens with zero attached hydrogens (tertiary/aromatic N) is 3. The molecule has 0 N–H and O–H groups in total. The number of methoxy groups -OCH3 is 1. The molecule has 0 spiro atoms. The van der Waals surface area contributed by atoms with Gasteiger partial charge in [0.15, 0.2) is 0 Å². The molecule has 0 radical (unpaired) electrons. The Morgan fingerprint density at radius 1 is 1.35 bits per heavy atom. The van der Waals surface area contributed by atoms with Crippen molar-refractivity contribution >= 4 is 16.6 Å². The maximum atomic E-state index is 8.84. The van der Waals surface area contributed by atoms with Crippen molar-refractivity contribution in [2.75, 3.05) is 18.6 Å². The zero-order valence-corrected chi connectivity index (χ0v) is 11.5. The van der Waals surface area contributed by atoms with Crippen LogP contribution in [0.3, 0.4) is 0 Å². The van der Waals surface area contributed by atoms with Crippen LogP contribution in [0.4, 0.5) is 5.82 Å². The van der Waals surface area contributed by atoms with E-state index in [9.17, 15) is 0 Å². The van der Waals surface area contributed by atoms with Gasteiger partial charge in [0.2, 0.25) is 0 Å². The van der Waals surface area contributed by atoms with Gasteiger partial charge in [-0.15, -0.1) is 0 Å². The van der Waals surface area contributed by atoms with E-state index in [1.807, 2.05) is 24.4 Å². The predicted molar refractivity (Wildman–Crippen MR) is 78.9 cm³/mol. The number of nitriles is 1. The van der Waals surface area contributed by atoms with Crippen LogP contribution in [-0.2, 0) is 0 Å². The molecular formula is C16H17N3O. The summed E-state index contributed by atoms with van der Waals surface area (Å²) in [6.45, 7) is 0.741. The van der Waals surface area contributed by atoms with Crippen LogP contribution in [0.5, 0.6) is 5.75 Å². The number of aromatic nitrogens is 1. The second-order valence-corrected chi connectivity index (χ2v) is 5.02. The molecule has 0 atom stereocenters. The SMILES string of the molecule is COc1cccc2c(N(CCC#N)C3CC3)nccc12. The third-order valence-corrected chi connectivity index (χ3v) is 3.69. The van der Waals surface area contributed by atoms with Crippen molar-refractivity contribution in [3.8, 4) is 11.8 Å². The zero-order chi connectivity index (χ0) is 13.9. The second kappa shape index (κ2) is 5.38. The maximum Gasteiger partial charge on any atom is 0.136 e. The van der Waals surface area contributed by atoms with Gasteiger partial charge >= 0.3 is 0 Å². The lowest BCUT2D eigenvalue weighted by atomic mass is 10.1. The van der Waals surface area contributed by atoms with Crippen molar-refractivity contribution in [1.82, 2.24) is 4.98 Å². The average Bonchev–Trinajstić information content (AvgIpc) is 3.32. The van der Waals surface area contributed by atoms with E-state index in [0.717, 1.165) is 28.9 Å². The van der Waals surface area contributed by atoms with Gasteiger partial charge < -0.3 is 9.64 Å². The largest absolute Gasteiger partial charge is 0.496 e. The van der Waals surface area contributed by atoms with Gasteiger partial charge in [-0.05, 0) is 25.0 Å². The van der Waals surface area contributed by atoms with Gasteiger partial charge in [0.05, 0.1) is 19.6 Å². The predicted octanol–water partition coefficient (Wildman–Crippen LogP) is 3.13. The van der Waals surface area contributed by atoms with Gasteiger partial charge in [-0.3, -0.25) is 0 Å². The summed E-state index contributed by atoms with van der Waals surface area (Å²) in [5.41, 5.74) is 0. The Morgan fingerprint density at radius 2 is 2.20 bits per heavy atom. The molecule has 102 valence electrons. The van der Waals surface area contributed by atoms with Crippen LogP contribution >= 0.6 is 0 Å². The number of benzene rings is 1. The summed E-state index contributed by atoms with van der Waals surface area (Å²) >= 11 is 0. The van der Waals surface area contributed by atoms with E-state index in [2.05, 4.69) is 22.0 Å². The quantitative estimate of drug-likeness (QED) is 0.835. The second-order valence-electron chi connectivity index (χ2n) is 5.02. The minimum absolute atomic E-state index is 0.526. The highest BCUT2D eigenvalue weighted by molar-refractivity contribution is 5.96. The minimum atomic E-state index is 0.526. The fraction of sp³-hybridized carbons (Fsp3) is 0.375. The highest BCUT2D eigenvalue weighted by Gasteiger charge is 2.30. The number of fused-ring (bicyclic) bond motifs is 1. The summed E-state index contributed by atoms with van der Waals surface area (Å²) in [5, 5.41) is 11.0. The molecule has 1 aromatic carbocycles. The Morgan fingerprint density at radius 3 is 2.90 bits per heavy atom. The number of ether oxygens (including phenoxy) is 1. The first kappa shape index (κ1) is 12.7. The highest BCUT2D eigenvalue weighted by Crippen LogP contribution is 2.36. The lowest BCUT2D eigenvalue weighted by Crippen LogP contribution is -2.27. The molecule has 20 heavy (non-hydrogen) atoms. The Hall–Kier alpha value is -2.28. The van der Waals surface area contributed by atoms with E-state index >= 15 is 0 Å². The molecule has 1 aliphatic rings. The monoisotopic (exact) mass is 267 g/mol. The number of anilines is 1. The smallest absolute Gasteiger partial charge is 0.136 e. The van der Waals surface area contributed by atoms with Gasteiger partial charge in [0.1, 0.15) is 11.6 Å². The van der Waals surface area contributed by atoms with Crippen LogP contribution in [0.2, 0.25) is 0 Å². The first-order valence-electron chi connectivity index (χ1n) is 6.90. The van der Waals surface area contributed by atoms with Crippen LogP contribution in [-0.4, -0.2) is 24.7 Å². The minimum Gasteiger partial charge on any atom is -0.496 e. The Balaban J connectivity index is 2.08. The van der Waals surface area contributed by atoms with E-state index in [-0.39, 0.29) is 0 Å². The van der Waals surface area contributed by atoms with Crippen LogP contribution in [0, 0.1) is 11.3 Å². The van der Waals surface area contributed by atoms with Crippen molar-refractivity contribution in [3.63, 3.8) is 0 Å². The van der Waals surface area contributed by atoms with Gasteiger partial charge in [-0.2, -0.15) is 5.26 Å². The summed E-state index contributed by atoms with van der Waals surface area (Å²) in [4.78, 5) is 6.83. The molecule has 3 rings (SSSR count). The molecule has 2 aromatic rings. The first-order valence-corrected chi connectivity index (χ1v) is 6.90. The van der Waals surface area contributed by atoms with Crippen molar-refractivity contribution in [2.24, 2.45) is 0 Å². The zero-order valence-electron chi connectivity index (χ0n) is 11.5. The molecule has 1 fully saturated rings. The van der Waals surface area contributed by atoms with Crippen LogP contribution in [0.15, 0.2) is 30.5 Å². The fourth-order valence-electron chi connectivity index (χ4n) is 2.59. The first-order chi connectivity index (χ1) is 9.85. The molecule has 0 unspecified atom stereocenters. The summed E-state index contributed by atoms with van der Waals surface area (Å²) in [6, 6.07) is 10.8. The maximum absolute atomic E-state index is 8.84. The molecule has 1 saturated carbocycles. The molecule has 0 bridgehead atoms. The summed E-state index contributed by atoms with van der Waals surface area (Å²) < 4.78 is 5.42. The van der Waals surface area contributed by atoms with Crippen molar-refractivity contribution in [2.45, 2.75) is 25.3 Å². The molecule has 1 aliphatic carbocycles. The summed E-state index contributed by atoms with van der Waals surface area (Å²) in [7, 11) is 1.68. The normalized spacial score (nSPS) is 14.0. The molecule has 1 aromatic heterocycles. The number of hydrogen-bond acceptors (Lipinski definition) is 4. The third kappa shape index (κ3) is 2.27. The molecule has 4 heteroatoms. The van der Waals surface area contributed by atoms with E-state index in [1.54, 1.807) is 7.11 Å². The fourth-order valence-corrected chi connectivity index (χ4v) is 2.59. The highest BCUT2D eigenvalue weighted by atomic mass is 16.5. The molecular weight excluding hydrogens is 250 g/mol. The van der Waals surface area contributed by atoms with Crippen molar-refractivity contribution < 1.29 is 4.74 Å². The number of rotatable bonds is 5. The van der Waals surface area contributed by atoms with Crippen molar-refractivity contribution in [3.05, 3.63) is 30.5 Å². The van der Waals surface area contributed by atoms with E-state index in [0.29, 0.717) is 12.5 Å². The van der Waals surface area contributed by atoms with Gasteiger partial charge in [-0.25, -0.2) is 4.98 Å². The van der Waals surface area contributed by atoms with Gasteiger partial charge in [-0.1, -0.05) is 12.1 Å². The topological polar surface area (TPSA) is 49.1 Å².